The molecule has 0 aliphatic carbocycles. The Morgan fingerprint density at radius 2 is 1.79 bits per heavy atom. The first-order valence-corrected chi connectivity index (χ1v) is 8.21. The number of hydrogen-bond acceptors (Lipinski definition) is 5. The number of pyridine rings is 1. The topological polar surface area (TPSA) is 63.7 Å². The molecule has 0 atom stereocenters. The van der Waals surface area contributed by atoms with Crippen molar-refractivity contribution in [2.24, 2.45) is 0 Å². The smallest absolute Gasteiger partial charge is 0.272 e. The van der Waals surface area contributed by atoms with Crippen molar-refractivity contribution >= 4 is 17.3 Å². The molecule has 1 aromatic heterocycles. The Kier molecular flexibility index (Phi) is 3.94. The summed E-state index contributed by atoms with van der Waals surface area (Å²) >= 11 is 0. The Bertz CT molecular complexity index is 740. The summed E-state index contributed by atoms with van der Waals surface area (Å²) in [6.45, 7) is 1.92. The van der Waals surface area contributed by atoms with E-state index in [4.69, 9.17) is 9.47 Å². The minimum atomic E-state index is 0.0179. The summed E-state index contributed by atoms with van der Waals surface area (Å²) in [7, 11) is 0. The first-order valence-electron chi connectivity index (χ1n) is 8.21. The largest absolute Gasteiger partial charge is 0.454 e. The van der Waals surface area contributed by atoms with Gasteiger partial charge in [0.15, 0.2) is 11.5 Å². The van der Waals surface area contributed by atoms with Crippen molar-refractivity contribution < 1.29 is 14.3 Å². The van der Waals surface area contributed by atoms with Crippen molar-refractivity contribution in [2.45, 2.75) is 19.3 Å². The fourth-order valence-corrected chi connectivity index (χ4v) is 2.99. The van der Waals surface area contributed by atoms with Crippen LogP contribution >= 0.6 is 0 Å². The molecule has 1 fully saturated rings. The zero-order chi connectivity index (χ0) is 16.4. The fraction of sp³-hybridized carbons (Fsp3) is 0.333. The molecular weight excluding hydrogens is 306 g/mol. The molecule has 2 aliphatic heterocycles. The van der Waals surface area contributed by atoms with Gasteiger partial charge >= 0.3 is 0 Å². The number of benzene rings is 1. The highest BCUT2D eigenvalue weighted by Gasteiger charge is 2.19. The van der Waals surface area contributed by atoms with Gasteiger partial charge in [-0.2, -0.15) is 0 Å². The second-order valence-corrected chi connectivity index (χ2v) is 5.98. The number of fused-ring (bicyclic) bond motifs is 1. The number of anilines is 2. The molecule has 0 bridgehead atoms. The third-order valence-corrected chi connectivity index (χ3v) is 4.29. The maximum absolute atomic E-state index is 12.4. The molecule has 24 heavy (non-hydrogen) atoms. The summed E-state index contributed by atoms with van der Waals surface area (Å²) in [4.78, 5) is 18.6. The van der Waals surface area contributed by atoms with E-state index in [0.29, 0.717) is 5.69 Å². The van der Waals surface area contributed by atoms with Crippen molar-refractivity contribution in [3.05, 3.63) is 42.2 Å². The molecule has 0 unspecified atom stereocenters. The lowest BCUT2D eigenvalue weighted by atomic mass is 10.1. The van der Waals surface area contributed by atoms with Crippen LogP contribution in [-0.4, -0.2) is 35.7 Å². The van der Waals surface area contributed by atoms with Crippen molar-refractivity contribution in [3.8, 4) is 11.5 Å². The fourth-order valence-electron chi connectivity index (χ4n) is 2.99. The average molecular weight is 325 g/mol. The van der Waals surface area contributed by atoms with E-state index in [-0.39, 0.29) is 12.7 Å². The number of hydrogen-bond donors (Lipinski definition) is 1. The van der Waals surface area contributed by atoms with Crippen LogP contribution in [0.1, 0.15) is 29.8 Å². The number of piperidine rings is 1. The number of amides is 1. The third kappa shape index (κ3) is 2.99. The molecular formula is C18H19N3O3. The van der Waals surface area contributed by atoms with Crippen LogP contribution in [-0.2, 0) is 0 Å². The summed E-state index contributed by atoms with van der Waals surface area (Å²) < 4.78 is 10.7. The Hall–Kier alpha value is -2.76. The summed E-state index contributed by atoms with van der Waals surface area (Å²) in [5, 5.41) is 3.26. The quantitative estimate of drug-likeness (QED) is 0.939. The Morgan fingerprint density at radius 1 is 1.00 bits per heavy atom. The minimum Gasteiger partial charge on any atom is -0.454 e. The van der Waals surface area contributed by atoms with Gasteiger partial charge in [0.1, 0.15) is 5.69 Å². The van der Waals surface area contributed by atoms with E-state index in [9.17, 15) is 4.79 Å². The molecule has 6 heteroatoms. The molecule has 3 heterocycles. The van der Waals surface area contributed by atoms with E-state index in [0.717, 1.165) is 48.8 Å². The van der Waals surface area contributed by atoms with E-state index in [1.165, 1.54) is 6.42 Å². The van der Waals surface area contributed by atoms with Gasteiger partial charge in [-0.15, -0.1) is 0 Å². The lowest BCUT2D eigenvalue weighted by Crippen LogP contribution is -2.36. The molecule has 1 aromatic carbocycles. The van der Waals surface area contributed by atoms with Gasteiger partial charge in [-0.1, -0.05) is 0 Å². The normalized spacial score (nSPS) is 16.1. The van der Waals surface area contributed by atoms with Gasteiger partial charge in [0.2, 0.25) is 6.79 Å². The van der Waals surface area contributed by atoms with E-state index in [2.05, 4.69) is 10.3 Å². The van der Waals surface area contributed by atoms with Gasteiger partial charge in [0.05, 0.1) is 11.9 Å². The number of rotatable bonds is 3. The first kappa shape index (κ1) is 14.8. The zero-order valence-electron chi connectivity index (χ0n) is 13.3. The molecule has 2 aliphatic rings. The highest BCUT2D eigenvalue weighted by atomic mass is 16.7. The van der Waals surface area contributed by atoms with Crippen LogP contribution in [0.25, 0.3) is 0 Å². The van der Waals surface area contributed by atoms with Crippen molar-refractivity contribution in [1.82, 2.24) is 9.88 Å². The van der Waals surface area contributed by atoms with Gasteiger partial charge in [-0.3, -0.25) is 4.79 Å². The standard InChI is InChI=1S/C18H19N3O3/c22-18(21-8-2-1-3-9-21)15-6-4-14(11-19-15)20-13-5-7-16-17(10-13)24-12-23-16/h4-7,10-11,20H,1-3,8-9,12H2. The Labute approximate surface area is 140 Å². The van der Waals surface area contributed by atoms with Gasteiger partial charge in [0.25, 0.3) is 5.91 Å². The number of nitrogens with one attached hydrogen (secondary N) is 1. The maximum atomic E-state index is 12.4. The van der Waals surface area contributed by atoms with Crippen LogP contribution in [0.4, 0.5) is 11.4 Å². The predicted octanol–water partition coefficient (Wildman–Crippen LogP) is 3.18. The number of likely N-dealkylation sites (tertiary alicyclic amines) is 1. The van der Waals surface area contributed by atoms with Crippen LogP contribution < -0.4 is 14.8 Å². The van der Waals surface area contributed by atoms with E-state index < -0.39 is 0 Å². The molecule has 0 spiro atoms. The van der Waals surface area contributed by atoms with Crippen LogP contribution in [0, 0.1) is 0 Å². The van der Waals surface area contributed by atoms with Crippen molar-refractivity contribution in [1.29, 1.82) is 0 Å². The zero-order valence-corrected chi connectivity index (χ0v) is 13.3. The van der Waals surface area contributed by atoms with Gasteiger partial charge in [-0.25, -0.2) is 4.98 Å². The number of ether oxygens (including phenoxy) is 2. The van der Waals surface area contributed by atoms with Gasteiger partial charge in [0, 0.05) is 24.8 Å². The molecule has 1 saturated heterocycles. The molecule has 4 rings (SSSR count). The molecule has 0 radical (unpaired) electrons. The first-order chi connectivity index (χ1) is 11.8. The van der Waals surface area contributed by atoms with Crippen molar-refractivity contribution in [2.75, 3.05) is 25.2 Å². The second-order valence-electron chi connectivity index (χ2n) is 5.98. The summed E-state index contributed by atoms with van der Waals surface area (Å²) in [6, 6.07) is 9.31. The van der Waals surface area contributed by atoms with E-state index in [1.54, 1.807) is 12.3 Å². The molecule has 1 amide bonds. The lowest BCUT2D eigenvalue weighted by Gasteiger charge is -2.26. The average Bonchev–Trinajstić information content (AvgIpc) is 3.10. The van der Waals surface area contributed by atoms with Gasteiger partial charge < -0.3 is 19.7 Å². The van der Waals surface area contributed by atoms with E-state index in [1.807, 2.05) is 29.2 Å². The Morgan fingerprint density at radius 3 is 2.58 bits per heavy atom. The highest BCUT2D eigenvalue weighted by Crippen LogP contribution is 2.35. The predicted molar refractivity (Wildman–Crippen MR) is 89.8 cm³/mol. The molecule has 124 valence electrons. The monoisotopic (exact) mass is 325 g/mol. The molecule has 1 N–H and O–H groups in total. The minimum absolute atomic E-state index is 0.0179. The van der Waals surface area contributed by atoms with Crippen LogP contribution in [0.15, 0.2) is 36.5 Å². The molecule has 0 saturated carbocycles. The van der Waals surface area contributed by atoms with Crippen molar-refractivity contribution in [3.63, 3.8) is 0 Å². The number of carbonyl (C=O) groups is 1. The summed E-state index contributed by atoms with van der Waals surface area (Å²) in [6.07, 6.45) is 5.04. The van der Waals surface area contributed by atoms with Crippen LogP contribution in [0.5, 0.6) is 11.5 Å². The van der Waals surface area contributed by atoms with Crippen LogP contribution in [0.2, 0.25) is 0 Å². The molecule has 6 nitrogen and oxygen atoms in total. The maximum Gasteiger partial charge on any atom is 0.272 e. The SMILES string of the molecule is O=C(c1ccc(Nc2ccc3c(c2)OCO3)cn1)N1CCCCC1. The number of nitrogens with zero attached hydrogens (tertiary/aromatic N) is 2. The van der Waals surface area contributed by atoms with Crippen LogP contribution in [0.3, 0.4) is 0 Å². The highest BCUT2D eigenvalue weighted by molar-refractivity contribution is 5.92. The second kappa shape index (κ2) is 6.39. The molecule has 2 aromatic rings. The number of carbonyl (C=O) groups excluding carboxylic acids is 1. The summed E-state index contributed by atoms with van der Waals surface area (Å²) in [5.74, 6) is 1.50. The van der Waals surface area contributed by atoms with Gasteiger partial charge in [-0.05, 0) is 43.5 Å². The lowest BCUT2D eigenvalue weighted by molar-refractivity contribution is 0.0718. The third-order valence-electron chi connectivity index (χ3n) is 4.29. The number of aromatic nitrogens is 1. The van der Waals surface area contributed by atoms with E-state index >= 15 is 0 Å². The summed E-state index contributed by atoms with van der Waals surface area (Å²) in [5.41, 5.74) is 2.20. The Balaban J connectivity index is 1.44.